The Morgan fingerprint density at radius 2 is 2.25 bits per heavy atom. The van der Waals surface area contributed by atoms with E-state index in [0.29, 0.717) is 10.9 Å². The number of carbonyl (C=O) groups is 1. The molecule has 0 saturated heterocycles. The number of rotatable bonds is 5. The van der Waals surface area contributed by atoms with Crippen LogP contribution in [0.5, 0.6) is 0 Å². The standard InChI is InChI=1S/C13H12N4O3/c14-6-2-7-15-12(18)9-16-8-5-10-3-1-4-11(13(10)16)17(19)20/h1,3-5,8H,2,7,9H2,(H,15,18). The van der Waals surface area contributed by atoms with Crippen LogP contribution in [0.4, 0.5) is 5.69 Å². The molecule has 0 atom stereocenters. The molecule has 0 bridgehead atoms. The molecule has 0 saturated carbocycles. The molecule has 0 fully saturated rings. The molecular formula is C13H12N4O3. The van der Waals surface area contributed by atoms with Gasteiger partial charge in [-0.25, -0.2) is 0 Å². The molecule has 0 radical (unpaired) electrons. The fourth-order valence-electron chi connectivity index (χ4n) is 1.99. The Morgan fingerprint density at radius 1 is 1.45 bits per heavy atom. The first-order valence-electron chi connectivity index (χ1n) is 5.99. The molecule has 1 aromatic carbocycles. The fourth-order valence-corrected chi connectivity index (χ4v) is 1.99. The first kappa shape index (κ1) is 13.5. The van der Waals surface area contributed by atoms with E-state index in [-0.39, 0.29) is 31.1 Å². The van der Waals surface area contributed by atoms with Crippen LogP contribution in [0.1, 0.15) is 6.42 Å². The van der Waals surface area contributed by atoms with Crippen molar-refractivity contribution in [3.8, 4) is 6.07 Å². The number of nitro groups is 1. The van der Waals surface area contributed by atoms with Crippen LogP contribution in [-0.4, -0.2) is 21.9 Å². The average Bonchev–Trinajstić information content (AvgIpc) is 2.82. The van der Waals surface area contributed by atoms with Gasteiger partial charge in [-0.1, -0.05) is 12.1 Å². The highest BCUT2D eigenvalue weighted by Crippen LogP contribution is 2.26. The number of para-hydroxylation sites is 1. The lowest BCUT2D eigenvalue weighted by molar-refractivity contribution is -0.383. The lowest BCUT2D eigenvalue weighted by atomic mass is 10.2. The molecule has 0 spiro atoms. The number of benzene rings is 1. The summed E-state index contributed by atoms with van der Waals surface area (Å²) >= 11 is 0. The SMILES string of the molecule is N#CCCNC(=O)Cn1ccc2cccc([N+](=O)[O-])c21. The number of nitrogens with zero attached hydrogens (tertiary/aromatic N) is 3. The molecule has 1 amide bonds. The second-order valence-corrected chi connectivity index (χ2v) is 4.17. The molecule has 1 aromatic heterocycles. The highest BCUT2D eigenvalue weighted by Gasteiger charge is 2.16. The van der Waals surface area contributed by atoms with E-state index in [2.05, 4.69) is 5.32 Å². The fraction of sp³-hybridized carbons (Fsp3) is 0.231. The van der Waals surface area contributed by atoms with Crippen LogP contribution in [0.25, 0.3) is 10.9 Å². The van der Waals surface area contributed by atoms with E-state index >= 15 is 0 Å². The number of aromatic nitrogens is 1. The third kappa shape index (κ3) is 2.75. The number of non-ortho nitro benzene ring substituents is 1. The van der Waals surface area contributed by atoms with Crippen LogP contribution in [0.15, 0.2) is 30.5 Å². The van der Waals surface area contributed by atoms with Crippen LogP contribution in [-0.2, 0) is 11.3 Å². The molecule has 0 aliphatic rings. The van der Waals surface area contributed by atoms with E-state index < -0.39 is 4.92 Å². The first-order chi connectivity index (χ1) is 9.63. The lowest BCUT2D eigenvalue weighted by Gasteiger charge is -2.06. The minimum absolute atomic E-state index is 0.0141. The molecule has 0 aliphatic heterocycles. The molecule has 20 heavy (non-hydrogen) atoms. The van der Waals surface area contributed by atoms with Gasteiger partial charge < -0.3 is 9.88 Å². The summed E-state index contributed by atoms with van der Waals surface area (Å²) in [6, 6.07) is 8.43. The maximum absolute atomic E-state index is 11.7. The number of fused-ring (bicyclic) bond motifs is 1. The minimum Gasteiger partial charge on any atom is -0.354 e. The van der Waals surface area contributed by atoms with Crippen molar-refractivity contribution in [3.05, 3.63) is 40.6 Å². The van der Waals surface area contributed by atoms with Gasteiger partial charge in [0.2, 0.25) is 5.91 Å². The van der Waals surface area contributed by atoms with Crippen LogP contribution >= 0.6 is 0 Å². The Hall–Kier alpha value is -2.88. The number of nitrogens with one attached hydrogen (secondary N) is 1. The van der Waals surface area contributed by atoms with Gasteiger partial charge in [0.05, 0.1) is 17.4 Å². The summed E-state index contributed by atoms with van der Waals surface area (Å²) in [5, 5.41) is 22.7. The van der Waals surface area contributed by atoms with Crippen LogP contribution in [0.2, 0.25) is 0 Å². The van der Waals surface area contributed by atoms with Gasteiger partial charge in [0.25, 0.3) is 5.69 Å². The van der Waals surface area contributed by atoms with Crippen molar-refractivity contribution in [2.45, 2.75) is 13.0 Å². The van der Waals surface area contributed by atoms with E-state index in [9.17, 15) is 14.9 Å². The van der Waals surface area contributed by atoms with Gasteiger partial charge >= 0.3 is 0 Å². The van der Waals surface area contributed by atoms with Crippen molar-refractivity contribution in [2.75, 3.05) is 6.54 Å². The molecule has 102 valence electrons. The van der Waals surface area contributed by atoms with Crippen molar-refractivity contribution in [1.82, 2.24) is 9.88 Å². The third-order valence-corrected chi connectivity index (χ3v) is 2.84. The Balaban J connectivity index is 2.25. The highest BCUT2D eigenvalue weighted by molar-refractivity contribution is 5.90. The minimum atomic E-state index is -0.466. The number of hydrogen-bond acceptors (Lipinski definition) is 4. The zero-order chi connectivity index (χ0) is 14.5. The molecule has 0 aliphatic carbocycles. The Kier molecular flexibility index (Phi) is 3.96. The largest absolute Gasteiger partial charge is 0.354 e. The van der Waals surface area contributed by atoms with E-state index in [4.69, 9.17) is 5.26 Å². The van der Waals surface area contributed by atoms with Crippen molar-refractivity contribution >= 4 is 22.5 Å². The van der Waals surface area contributed by atoms with Gasteiger partial charge in [-0.2, -0.15) is 5.26 Å². The summed E-state index contributed by atoms with van der Waals surface area (Å²) in [7, 11) is 0. The summed E-state index contributed by atoms with van der Waals surface area (Å²) in [5.41, 5.74) is 0.394. The third-order valence-electron chi connectivity index (χ3n) is 2.84. The normalized spacial score (nSPS) is 10.2. The highest BCUT2D eigenvalue weighted by atomic mass is 16.6. The quantitative estimate of drug-likeness (QED) is 0.507. The van der Waals surface area contributed by atoms with E-state index in [0.717, 1.165) is 0 Å². The molecule has 7 nitrogen and oxygen atoms in total. The first-order valence-corrected chi connectivity index (χ1v) is 5.99. The Labute approximate surface area is 114 Å². The Bertz CT molecular complexity index is 699. The van der Waals surface area contributed by atoms with Crippen LogP contribution < -0.4 is 5.32 Å². The van der Waals surface area contributed by atoms with E-state index in [1.54, 1.807) is 24.4 Å². The van der Waals surface area contributed by atoms with Crippen molar-refractivity contribution in [2.24, 2.45) is 0 Å². The molecule has 2 rings (SSSR count). The van der Waals surface area contributed by atoms with Gasteiger partial charge in [-0.3, -0.25) is 14.9 Å². The van der Waals surface area contributed by atoms with Gasteiger partial charge in [-0.05, 0) is 6.07 Å². The summed E-state index contributed by atoms with van der Waals surface area (Å²) in [6.07, 6.45) is 1.87. The molecule has 1 N–H and O–H groups in total. The van der Waals surface area contributed by atoms with Gasteiger partial charge in [0.1, 0.15) is 12.1 Å². The molecule has 0 unspecified atom stereocenters. The van der Waals surface area contributed by atoms with Crippen molar-refractivity contribution in [1.29, 1.82) is 5.26 Å². The maximum Gasteiger partial charge on any atom is 0.293 e. The van der Waals surface area contributed by atoms with Crippen LogP contribution in [0, 0.1) is 21.4 Å². The van der Waals surface area contributed by atoms with E-state index in [1.807, 2.05) is 6.07 Å². The van der Waals surface area contributed by atoms with E-state index in [1.165, 1.54) is 10.6 Å². The number of nitriles is 1. The number of hydrogen-bond donors (Lipinski definition) is 1. The van der Waals surface area contributed by atoms with Gasteiger partial charge in [0, 0.05) is 24.2 Å². The van der Waals surface area contributed by atoms with Crippen molar-refractivity contribution in [3.63, 3.8) is 0 Å². The number of amides is 1. The molecule has 7 heteroatoms. The molecule has 2 aromatic rings. The predicted octanol–water partition coefficient (Wildman–Crippen LogP) is 1.58. The molecule has 1 heterocycles. The van der Waals surface area contributed by atoms with Crippen molar-refractivity contribution < 1.29 is 9.72 Å². The maximum atomic E-state index is 11.7. The van der Waals surface area contributed by atoms with Gasteiger partial charge in [0.15, 0.2) is 0 Å². The molecular weight excluding hydrogens is 260 g/mol. The topological polar surface area (TPSA) is 101 Å². The van der Waals surface area contributed by atoms with Gasteiger partial charge in [-0.15, -0.1) is 0 Å². The zero-order valence-electron chi connectivity index (χ0n) is 10.6. The summed E-state index contributed by atoms with van der Waals surface area (Å²) in [6.45, 7) is 0.260. The predicted molar refractivity (Wildman–Crippen MR) is 71.8 cm³/mol. The van der Waals surface area contributed by atoms with Crippen LogP contribution in [0.3, 0.4) is 0 Å². The summed E-state index contributed by atoms with van der Waals surface area (Å²) in [5.74, 6) is -0.282. The lowest BCUT2D eigenvalue weighted by Crippen LogP contribution is -2.28. The zero-order valence-corrected chi connectivity index (χ0v) is 10.6. The smallest absolute Gasteiger partial charge is 0.293 e. The average molecular weight is 272 g/mol. The number of nitro benzene ring substituents is 1. The number of carbonyl (C=O) groups excluding carboxylic acids is 1. The summed E-state index contributed by atoms with van der Waals surface area (Å²) < 4.78 is 1.54. The second-order valence-electron chi connectivity index (χ2n) is 4.17. The summed E-state index contributed by atoms with van der Waals surface area (Å²) in [4.78, 5) is 22.3. The second kappa shape index (κ2) is 5.84. The Morgan fingerprint density at radius 3 is 2.95 bits per heavy atom. The monoisotopic (exact) mass is 272 g/mol.